The SMILES string of the molecule is CN(C)c1cccc(Cl)c1CN[C@@H]1CCC[C@H](C(=O)O)C1.O=C(O)C(F)(F)F. The van der Waals surface area contributed by atoms with Crippen molar-refractivity contribution in [3.05, 3.63) is 28.8 Å². The van der Waals surface area contributed by atoms with E-state index in [-0.39, 0.29) is 12.0 Å². The molecule has 158 valence electrons. The topological polar surface area (TPSA) is 89.9 Å². The summed E-state index contributed by atoms with van der Waals surface area (Å²) < 4.78 is 31.7. The van der Waals surface area contributed by atoms with Gasteiger partial charge in [0, 0.05) is 43.0 Å². The van der Waals surface area contributed by atoms with Crippen LogP contribution in [0.1, 0.15) is 31.2 Å². The van der Waals surface area contributed by atoms with Crippen LogP contribution in [0.3, 0.4) is 0 Å². The van der Waals surface area contributed by atoms with Crippen LogP contribution in [0.5, 0.6) is 0 Å². The maximum Gasteiger partial charge on any atom is 0.490 e. The van der Waals surface area contributed by atoms with Gasteiger partial charge in [0.25, 0.3) is 0 Å². The summed E-state index contributed by atoms with van der Waals surface area (Å²) in [5.41, 5.74) is 2.17. The molecule has 0 bridgehead atoms. The van der Waals surface area contributed by atoms with E-state index < -0.39 is 18.1 Å². The van der Waals surface area contributed by atoms with Crippen LogP contribution < -0.4 is 10.2 Å². The van der Waals surface area contributed by atoms with Crippen LogP contribution >= 0.6 is 11.6 Å². The van der Waals surface area contributed by atoms with Gasteiger partial charge in [0.05, 0.1) is 5.92 Å². The van der Waals surface area contributed by atoms with E-state index in [1.54, 1.807) is 0 Å². The number of halogens is 4. The molecule has 28 heavy (non-hydrogen) atoms. The Morgan fingerprint density at radius 3 is 2.36 bits per heavy atom. The van der Waals surface area contributed by atoms with Crippen molar-refractivity contribution in [2.45, 2.75) is 44.4 Å². The van der Waals surface area contributed by atoms with Gasteiger partial charge in [-0.05, 0) is 31.4 Å². The minimum absolute atomic E-state index is 0.212. The number of benzene rings is 1. The molecule has 10 heteroatoms. The number of nitrogens with one attached hydrogen (secondary N) is 1. The van der Waals surface area contributed by atoms with E-state index in [2.05, 4.69) is 5.32 Å². The molecular formula is C18H24ClF3N2O4. The maximum atomic E-state index is 11.1. The van der Waals surface area contributed by atoms with Gasteiger partial charge in [-0.15, -0.1) is 0 Å². The molecule has 0 unspecified atom stereocenters. The van der Waals surface area contributed by atoms with Crippen LogP contribution in [0.2, 0.25) is 5.02 Å². The number of nitrogens with zero attached hydrogens (tertiary/aromatic N) is 1. The molecule has 1 aliphatic rings. The third-order valence-corrected chi connectivity index (χ3v) is 4.76. The summed E-state index contributed by atoms with van der Waals surface area (Å²) in [5.74, 6) is -3.64. The standard InChI is InChI=1S/C16H23ClN2O2.C2HF3O2/c1-19(2)15-8-4-7-14(17)13(15)10-18-12-6-3-5-11(9-12)16(20)21;3-2(4,5)1(6)7/h4,7-8,11-12,18H,3,5-6,9-10H2,1-2H3,(H,20,21);(H,6,7)/t11-,12+;/m0./s1. The summed E-state index contributed by atoms with van der Waals surface area (Å²) in [5, 5.41) is 20.5. The normalized spacial score (nSPS) is 19.4. The molecule has 0 spiro atoms. The number of rotatable bonds is 5. The maximum absolute atomic E-state index is 11.1. The molecule has 0 heterocycles. The molecule has 1 fully saturated rings. The van der Waals surface area contributed by atoms with E-state index in [9.17, 15) is 18.0 Å². The number of hydrogen-bond acceptors (Lipinski definition) is 4. The van der Waals surface area contributed by atoms with E-state index in [1.807, 2.05) is 37.2 Å². The van der Waals surface area contributed by atoms with Crippen molar-refractivity contribution < 1.29 is 33.0 Å². The first-order chi connectivity index (χ1) is 12.9. The molecule has 0 saturated heterocycles. The largest absolute Gasteiger partial charge is 0.490 e. The summed E-state index contributed by atoms with van der Waals surface area (Å²) in [6, 6.07) is 6.14. The van der Waals surface area contributed by atoms with Gasteiger partial charge in [0.1, 0.15) is 0 Å². The minimum Gasteiger partial charge on any atom is -0.481 e. The number of carboxylic acid groups (broad SMARTS) is 2. The molecule has 0 radical (unpaired) electrons. The number of carboxylic acids is 2. The van der Waals surface area contributed by atoms with Crippen molar-refractivity contribution in [1.82, 2.24) is 5.32 Å². The molecule has 0 amide bonds. The quantitative estimate of drug-likeness (QED) is 0.666. The Balaban J connectivity index is 0.000000480. The Morgan fingerprint density at radius 2 is 1.86 bits per heavy atom. The van der Waals surface area contributed by atoms with Crippen LogP contribution in [0.25, 0.3) is 0 Å². The molecule has 0 aromatic heterocycles. The summed E-state index contributed by atoms with van der Waals surface area (Å²) >= 11 is 6.31. The van der Waals surface area contributed by atoms with Crippen LogP contribution in [-0.2, 0) is 16.1 Å². The van der Waals surface area contributed by atoms with Gasteiger partial charge in [-0.25, -0.2) is 4.79 Å². The smallest absolute Gasteiger partial charge is 0.481 e. The third kappa shape index (κ3) is 7.55. The predicted molar refractivity (Wildman–Crippen MR) is 99.7 cm³/mol. The van der Waals surface area contributed by atoms with Gasteiger partial charge in [-0.3, -0.25) is 4.79 Å². The van der Waals surface area contributed by atoms with E-state index in [0.29, 0.717) is 13.0 Å². The summed E-state index contributed by atoms with van der Waals surface area (Å²) in [4.78, 5) is 22.1. The highest BCUT2D eigenvalue weighted by atomic mass is 35.5. The highest BCUT2D eigenvalue weighted by molar-refractivity contribution is 6.31. The first-order valence-electron chi connectivity index (χ1n) is 8.64. The van der Waals surface area contributed by atoms with E-state index in [0.717, 1.165) is 35.5 Å². The molecule has 1 aliphatic carbocycles. The fourth-order valence-corrected chi connectivity index (χ4v) is 3.22. The molecule has 2 rings (SSSR count). The van der Waals surface area contributed by atoms with Crippen LogP contribution in [-0.4, -0.2) is 48.5 Å². The molecule has 1 saturated carbocycles. The van der Waals surface area contributed by atoms with Crippen molar-refractivity contribution in [3.63, 3.8) is 0 Å². The fourth-order valence-electron chi connectivity index (χ4n) is 2.99. The van der Waals surface area contributed by atoms with Crippen LogP contribution in [0, 0.1) is 5.92 Å². The Hall–Kier alpha value is -2.00. The van der Waals surface area contributed by atoms with Crippen LogP contribution in [0.15, 0.2) is 18.2 Å². The van der Waals surface area contributed by atoms with Crippen molar-refractivity contribution in [2.24, 2.45) is 5.92 Å². The van der Waals surface area contributed by atoms with Crippen molar-refractivity contribution >= 4 is 29.2 Å². The number of carbonyl (C=O) groups is 2. The molecule has 1 aromatic carbocycles. The van der Waals surface area contributed by atoms with Crippen molar-refractivity contribution in [1.29, 1.82) is 0 Å². The van der Waals surface area contributed by atoms with Gasteiger partial charge in [-0.1, -0.05) is 24.1 Å². The van der Waals surface area contributed by atoms with E-state index >= 15 is 0 Å². The molecular weight excluding hydrogens is 401 g/mol. The first kappa shape index (κ1) is 24.0. The fraction of sp³-hybridized carbons (Fsp3) is 0.556. The number of anilines is 1. The second-order valence-electron chi connectivity index (χ2n) is 6.71. The van der Waals surface area contributed by atoms with Gasteiger partial charge in [-0.2, -0.15) is 13.2 Å². The first-order valence-corrected chi connectivity index (χ1v) is 9.02. The zero-order valence-electron chi connectivity index (χ0n) is 15.6. The Labute approximate surface area is 166 Å². The van der Waals surface area contributed by atoms with Gasteiger partial charge < -0.3 is 20.4 Å². The lowest BCUT2D eigenvalue weighted by atomic mass is 9.85. The minimum atomic E-state index is -5.08. The third-order valence-electron chi connectivity index (χ3n) is 4.41. The molecule has 2 atom stereocenters. The zero-order chi connectivity index (χ0) is 21.5. The lowest BCUT2D eigenvalue weighted by Crippen LogP contribution is -2.36. The highest BCUT2D eigenvalue weighted by Gasteiger charge is 2.38. The summed E-state index contributed by atoms with van der Waals surface area (Å²) in [6.07, 6.45) is -1.58. The van der Waals surface area contributed by atoms with Gasteiger partial charge in [0.2, 0.25) is 0 Å². The average molecular weight is 425 g/mol. The van der Waals surface area contributed by atoms with Gasteiger partial charge >= 0.3 is 18.1 Å². The predicted octanol–water partition coefficient (Wildman–Crippen LogP) is 3.77. The molecule has 6 nitrogen and oxygen atoms in total. The second kappa shape index (κ2) is 10.5. The van der Waals surface area contributed by atoms with Crippen molar-refractivity contribution in [2.75, 3.05) is 19.0 Å². The summed E-state index contributed by atoms with van der Waals surface area (Å²) in [7, 11) is 3.99. The van der Waals surface area contributed by atoms with E-state index in [4.69, 9.17) is 26.6 Å². The van der Waals surface area contributed by atoms with Crippen molar-refractivity contribution in [3.8, 4) is 0 Å². The number of alkyl halides is 3. The summed E-state index contributed by atoms with van der Waals surface area (Å²) in [6.45, 7) is 0.671. The second-order valence-corrected chi connectivity index (χ2v) is 7.12. The van der Waals surface area contributed by atoms with Crippen LogP contribution in [0.4, 0.5) is 18.9 Å². The molecule has 1 aromatic rings. The molecule has 3 N–H and O–H groups in total. The molecule has 0 aliphatic heterocycles. The number of aliphatic carboxylic acids is 2. The van der Waals surface area contributed by atoms with Gasteiger partial charge in [0.15, 0.2) is 0 Å². The lowest BCUT2D eigenvalue weighted by molar-refractivity contribution is -0.192. The van der Waals surface area contributed by atoms with E-state index in [1.165, 1.54) is 0 Å². The Kier molecular flexibility index (Phi) is 9.03. The number of hydrogen-bond donors (Lipinski definition) is 3. The lowest BCUT2D eigenvalue weighted by Gasteiger charge is -2.28. The monoisotopic (exact) mass is 424 g/mol. The zero-order valence-corrected chi connectivity index (χ0v) is 16.3. The average Bonchev–Trinajstić information content (AvgIpc) is 2.60. The Morgan fingerprint density at radius 1 is 1.25 bits per heavy atom. The Bertz CT molecular complexity index is 683. The highest BCUT2D eigenvalue weighted by Crippen LogP contribution is 2.28.